The van der Waals surface area contributed by atoms with Gasteiger partial charge >= 0.3 is 0 Å². The summed E-state index contributed by atoms with van der Waals surface area (Å²) in [6, 6.07) is 0. The number of ether oxygens (including phenoxy) is 1. The first-order valence-electron chi connectivity index (χ1n) is 6.40. The topological polar surface area (TPSA) is 82.2 Å². The van der Waals surface area contributed by atoms with Crippen molar-refractivity contribution in [2.45, 2.75) is 33.4 Å². The van der Waals surface area contributed by atoms with Crippen LogP contribution in [0, 0.1) is 0 Å². The fourth-order valence-corrected chi connectivity index (χ4v) is 2.41. The van der Waals surface area contributed by atoms with E-state index in [-0.39, 0.29) is 6.61 Å². The standard InChI is InChI=1S/C12H21BrN4O2/c1-3-9-12(13)10(17(4-2)16-9)7-15-5-6-19-8-11(14)18/h15H,3-8H2,1-2H3,(H2,14,18). The SMILES string of the molecule is CCc1nn(CC)c(CNCCOCC(N)=O)c1Br. The molecule has 1 rings (SSSR count). The van der Waals surface area contributed by atoms with E-state index in [0.717, 1.165) is 28.8 Å². The van der Waals surface area contributed by atoms with Crippen LogP contribution in [-0.2, 0) is 29.0 Å². The third-order valence-corrected chi connectivity index (χ3v) is 3.57. The molecule has 0 bridgehead atoms. The molecule has 0 radical (unpaired) electrons. The Morgan fingerprint density at radius 3 is 2.84 bits per heavy atom. The van der Waals surface area contributed by atoms with Crippen molar-refractivity contribution >= 4 is 21.8 Å². The van der Waals surface area contributed by atoms with Crippen molar-refractivity contribution in [3.05, 3.63) is 15.9 Å². The number of carbonyl (C=O) groups excluding carboxylic acids is 1. The Labute approximate surface area is 121 Å². The summed E-state index contributed by atoms with van der Waals surface area (Å²) in [6.07, 6.45) is 0.905. The van der Waals surface area contributed by atoms with E-state index in [0.29, 0.717) is 19.7 Å². The largest absolute Gasteiger partial charge is 0.370 e. The lowest BCUT2D eigenvalue weighted by Crippen LogP contribution is -2.24. The zero-order chi connectivity index (χ0) is 14.3. The first-order chi connectivity index (χ1) is 9.10. The lowest BCUT2D eigenvalue weighted by molar-refractivity contribution is -0.122. The van der Waals surface area contributed by atoms with E-state index in [1.54, 1.807) is 0 Å². The summed E-state index contributed by atoms with van der Waals surface area (Å²) in [5.74, 6) is -0.445. The fraction of sp³-hybridized carbons (Fsp3) is 0.667. The van der Waals surface area contributed by atoms with Crippen molar-refractivity contribution in [2.24, 2.45) is 5.73 Å². The van der Waals surface area contributed by atoms with Crippen LogP contribution in [0.1, 0.15) is 25.2 Å². The molecule has 0 aliphatic carbocycles. The number of carbonyl (C=O) groups is 1. The Morgan fingerprint density at radius 2 is 2.26 bits per heavy atom. The quantitative estimate of drug-likeness (QED) is 0.656. The van der Waals surface area contributed by atoms with E-state index in [1.807, 2.05) is 4.68 Å². The predicted octanol–water partition coefficient (Wildman–Crippen LogP) is 0.819. The van der Waals surface area contributed by atoms with E-state index in [4.69, 9.17) is 10.5 Å². The van der Waals surface area contributed by atoms with E-state index in [9.17, 15) is 4.79 Å². The molecule has 0 unspecified atom stereocenters. The van der Waals surface area contributed by atoms with Gasteiger partial charge in [-0.2, -0.15) is 5.10 Å². The van der Waals surface area contributed by atoms with Crippen molar-refractivity contribution in [2.75, 3.05) is 19.8 Å². The maximum Gasteiger partial charge on any atom is 0.243 e. The lowest BCUT2D eigenvalue weighted by atomic mass is 10.3. The van der Waals surface area contributed by atoms with Crippen LogP contribution < -0.4 is 11.1 Å². The van der Waals surface area contributed by atoms with Crippen LogP contribution in [0.4, 0.5) is 0 Å². The van der Waals surface area contributed by atoms with Crippen molar-refractivity contribution in [1.82, 2.24) is 15.1 Å². The number of nitrogens with zero attached hydrogens (tertiary/aromatic N) is 2. The second-order valence-corrected chi connectivity index (χ2v) is 4.87. The Kier molecular flexibility index (Phi) is 7.04. The van der Waals surface area contributed by atoms with Gasteiger partial charge in [0.1, 0.15) is 6.61 Å². The maximum absolute atomic E-state index is 10.5. The summed E-state index contributed by atoms with van der Waals surface area (Å²) in [5, 5.41) is 7.78. The maximum atomic E-state index is 10.5. The van der Waals surface area contributed by atoms with Crippen LogP contribution in [0.3, 0.4) is 0 Å². The number of halogens is 1. The number of primary amides is 1. The summed E-state index contributed by atoms with van der Waals surface area (Å²) < 4.78 is 8.13. The second-order valence-electron chi connectivity index (χ2n) is 4.07. The molecule has 0 spiro atoms. The molecule has 1 amide bonds. The fourth-order valence-electron chi connectivity index (χ4n) is 1.71. The monoisotopic (exact) mass is 332 g/mol. The molecule has 0 atom stereocenters. The van der Waals surface area contributed by atoms with Gasteiger partial charge in [0.15, 0.2) is 0 Å². The van der Waals surface area contributed by atoms with E-state index < -0.39 is 5.91 Å². The van der Waals surface area contributed by atoms with Gasteiger partial charge in [0.05, 0.1) is 22.5 Å². The number of nitrogens with two attached hydrogens (primary N) is 1. The number of hydrogen-bond acceptors (Lipinski definition) is 4. The van der Waals surface area contributed by atoms with Crippen LogP contribution in [0.5, 0.6) is 0 Å². The Morgan fingerprint density at radius 1 is 1.53 bits per heavy atom. The molecular weight excluding hydrogens is 312 g/mol. The summed E-state index contributed by atoms with van der Waals surface area (Å²) in [7, 11) is 0. The third-order valence-electron chi connectivity index (χ3n) is 2.65. The number of nitrogens with one attached hydrogen (secondary N) is 1. The van der Waals surface area contributed by atoms with Gasteiger partial charge in [-0.3, -0.25) is 9.48 Å². The molecular formula is C12H21BrN4O2. The lowest BCUT2D eigenvalue weighted by Gasteiger charge is -2.07. The molecule has 0 aliphatic rings. The van der Waals surface area contributed by atoms with Crippen molar-refractivity contribution < 1.29 is 9.53 Å². The molecule has 0 saturated carbocycles. The molecule has 0 saturated heterocycles. The highest BCUT2D eigenvalue weighted by molar-refractivity contribution is 9.10. The van der Waals surface area contributed by atoms with Crippen LogP contribution in [-0.4, -0.2) is 35.4 Å². The highest BCUT2D eigenvalue weighted by Gasteiger charge is 2.12. The van der Waals surface area contributed by atoms with Gasteiger partial charge in [-0.15, -0.1) is 0 Å². The smallest absolute Gasteiger partial charge is 0.243 e. The number of amides is 1. The molecule has 0 aromatic carbocycles. The number of aryl methyl sites for hydroxylation is 2. The van der Waals surface area contributed by atoms with Crippen LogP contribution in [0.15, 0.2) is 4.47 Å². The zero-order valence-corrected chi connectivity index (χ0v) is 13.0. The number of hydrogen-bond donors (Lipinski definition) is 2. The third kappa shape index (κ3) is 4.93. The number of rotatable bonds is 9. The normalized spacial score (nSPS) is 10.9. The minimum atomic E-state index is -0.445. The van der Waals surface area contributed by atoms with Crippen molar-refractivity contribution in [3.8, 4) is 0 Å². The average Bonchev–Trinajstić information content (AvgIpc) is 2.69. The molecule has 3 N–H and O–H groups in total. The molecule has 1 aromatic heterocycles. The van der Waals surface area contributed by atoms with Gasteiger partial charge < -0.3 is 15.8 Å². The van der Waals surface area contributed by atoms with E-state index in [2.05, 4.69) is 40.2 Å². The molecule has 0 fully saturated rings. The van der Waals surface area contributed by atoms with Crippen LogP contribution >= 0.6 is 15.9 Å². The van der Waals surface area contributed by atoms with E-state index >= 15 is 0 Å². The molecule has 1 heterocycles. The summed E-state index contributed by atoms with van der Waals surface area (Å²) >= 11 is 3.59. The molecule has 6 nitrogen and oxygen atoms in total. The van der Waals surface area contributed by atoms with Gasteiger partial charge in [-0.25, -0.2) is 0 Å². The van der Waals surface area contributed by atoms with Gasteiger partial charge in [0.2, 0.25) is 5.91 Å². The minimum Gasteiger partial charge on any atom is -0.370 e. The van der Waals surface area contributed by atoms with Crippen LogP contribution in [0.2, 0.25) is 0 Å². The molecule has 7 heteroatoms. The Bertz CT molecular complexity index is 420. The first-order valence-corrected chi connectivity index (χ1v) is 7.20. The Hall–Kier alpha value is -0.920. The first kappa shape index (κ1) is 16.1. The van der Waals surface area contributed by atoms with Crippen molar-refractivity contribution in [3.63, 3.8) is 0 Å². The average molecular weight is 333 g/mol. The Balaban J connectivity index is 2.40. The highest BCUT2D eigenvalue weighted by atomic mass is 79.9. The summed E-state index contributed by atoms with van der Waals surface area (Å²) in [6.45, 7) is 6.80. The predicted molar refractivity (Wildman–Crippen MR) is 76.7 cm³/mol. The van der Waals surface area contributed by atoms with Crippen LogP contribution in [0.25, 0.3) is 0 Å². The molecule has 0 aliphatic heterocycles. The van der Waals surface area contributed by atoms with E-state index in [1.165, 1.54) is 0 Å². The molecule has 1 aromatic rings. The van der Waals surface area contributed by atoms with Crippen molar-refractivity contribution in [1.29, 1.82) is 0 Å². The number of aromatic nitrogens is 2. The van der Waals surface area contributed by atoms with Gasteiger partial charge in [0, 0.05) is 19.6 Å². The molecule has 19 heavy (non-hydrogen) atoms. The van der Waals surface area contributed by atoms with Gasteiger partial charge in [-0.1, -0.05) is 6.92 Å². The second kappa shape index (κ2) is 8.29. The molecule has 108 valence electrons. The van der Waals surface area contributed by atoms with Gasteiger partial charge in [-0.05, 0) is 29.3 Å². The van der Waals surface area contributed by atoms with Gasteiger partial charge in [0.25, 0.3) is 0 Å². The highest BCUT2D eigenvalue weighted by Crippen LogP contribution is 2.22. The summed E-state index contributed by atoms with van der Waals surface area (Å²) in [4.78, 5) is 10.5. The zero-order valence-electron chi connectivity index (χ0n) is 11.4. The summed E-state index contributed by atoms with van der Waals surface area (Å²) in [5.41, 5.74) is 7.18. The minimum absolute atomic E-state index is 0.0295.